The number of nitrogens with two attached hydrogens (primary N) is 1. The second-order valence-corrected chi connectivity index (χ2v) is 5.57. The van der Waals surface area contributed by atoms with Crippen molar-refractivity contribution in [1.29, 1.82) is 0 Å². The minimum atomic E-state index is -0.441. The summed E-state index contributed by atoms with van der Waals surface area (Å²) < 4.78 is 5.65. The van der Waals surface area contributed by atoms with Crippen molar-refractivity contribution in [3.05, 3.63) is 0 Å². The van der Waals surface area contributed by atoms with Gasteiger partial charge in [-0.15, -0.1) is 0 Å². The second-order valence-electron chi connectivity index (χ2n) is 5.57. The van der Waals surface area contributed by atoms with Gasteiger partial charge in [0.05, 0.1) is 5.60 Å². The summed E-state index contributed by atoms with van der Waals surface area (Å²) in [5.74, 6) is -0.0153. The van der Waals surface area contributed by atoms with Crippen LogP contribution in [-0.2, 0) is 9.53 Å². The molecule has 0 saturated heterocycles. The van der Waals surface area contributed by atoms with E-state index in [2.05, 4.69) is 5.32 Å². The molecule has 1 amide bonds. The zero-order valence-corrected chi connectivity index (χ0v) is 11.3. The number of rotatable bonds is 5. The van der Waals surface area contributed by atoms with E-state index in [1.54, 1.807) is 6.92 Å². The van der Waals surface area contributed by atoms with Gasteiger partial charge in [-0.1, -0.05) is 19.3 Å². The Morgan fingerprint density at radius 3 is 2.53 bits per heavy atom. The molecule has 0 aliphatic heterocycles. The molecule has 0 heterocycles. The van der Waals surface area contributed by atoms with Crippen LogP contribution in [0.1, 0.15) is 52.9 Å². The summed E-state index contributed by atoms with van der Waals surface area (Å²) in [6.45, 7) is 6.00. The number of ether oxygens (including phenoxy) is 1. The van der Waals surface area contributed by atoms with Crippen molar-refractivity contribution < 1.29 is 9.53 Å². The van der Waals surface area contributed by atoms with Gasteiger partial charge in [-0.25, -0.2) is 0 Å². The van der Waals surface area contributed by atoms with E-state index >= 15 is 0 Å². The van der Waals surface area contributed by atoms with Gasteiger partial charge in [-0.3, -0.25) is 4.79 Å². The summed E-state index contributed by atoms with van der Waals surface area (Å²) in [6.07, 6.45) is 5.48. The molecule has 17 heavy (non-hydrogen) atoms. The van der Waals surface area contributed by atoms with Gasteiger partial charge in [0.2, 0.25) is 5.91 Å². The Kier molecular flexibility index (Phi) is 5.40. The lowest BCUT2D eigenvalue weighted by molar-refractivity contribution is -0.142. The van der Waals surface area contributed by atoms with Gasteiger partial charge in [0.25, 0.3) is 0 Å². The smallest absolute Gasteiger partial charge is 0.249 e. The van der Waals surface area contributed by atoms with Crippen LogP contribution in [0.25, 0.3) is 0 Å². The summed E-state index contributed by atoms with van der Waals surface area (Å²) in [5, 5.41) is 3.06. The van der Waals surface area contributed by atoms with E-state index in [0.29, 0.717) is 12.6 Å². The van der Waals surface area contributed by atoms with E-state index in [0.717, 1.165) is 12.8 Å². The first kappa shape index (κ1) is 14.5. The summed E-state index contributed by atoms with van der Waals surface area (Å²) >= 11 is 0. The van der Waals surface area contributed by atoms with E-state index in [1.807, 2.05) is 13.8 Å². The minimum Gasteiger partial charge on any atom is -0.362 e. The first-order valence-corrected chi connectivity index (χ1v) is 6.63. The lowest BCUT2D eigenvalue weighted by atomic mass is 9.95. The quantitative estimate of drug-likeness (QED) is 0.769. The summed E-state index contributed by atoms with van der Waals surface area (Å²) in [7, 11) is 0. The zero-order chi connectivity index (χ0) is 12.9. The Balaban J connectivity index is 2.35. The molecular weight excluding hydrogens is 216 g/mol. The molecule has 1 unspecified atom stereocenters. The van der Waals surface area contributed by atoms with Gasteiger partial charge in [-0.2, -0.15) is 0 Å². The molecule has 0 aromatic heterocycles. The average molecular weight is 242 g/mol. The first-order valence-electron chi connectivity index (χ1n) is 6.63. The summed E-state index contributed by atoms with van der Waals surface area (Å²) in [6, 6.07) is 0.336. The first-order chi connectivity index (χ1) is 7.94. The van der Waals surface area contributed by atoms with Crippen LogP contribution in [0.2, 0.25) is 0 Å². The zero-order valence-electron chi connectivity index (χ0n) is 11.3. The molecule has 4 heteroatoms. The molecule has 0 aromatic carbocycles. The molecule has 100 valence electrons. The fourth-order valence-electron chi connectivity index (χ4n) is 2.15. The maximum atomic E-state index is 11.9. The molecule has 4 nitrogen and oxygen atoms in total. The van der Waals surface area contributed by atoms with Crippen molar-refractivity contribution >= 4 is 5.91 Å². The highest BCUT2D eigenvalue weighted by molar-refractivity contribution is 5.80. The van der Waals surface area contributed by atoms with Crippen LogP contribution in [0.5, 0.6) is 0 Å². The fraction of sp³-hybridized carbons (Fsp3) is 0.923. The monoisotopic (exact) mass is 242 g/mol. The van der Waals surface area contributed by atoms with Crippen molar-refractivity contribution in [2.45, 2.75) is 70.6 Å². The number of carbonyl (C=O) groups excluding carboxylic acids is 1. The van der Waals surface area contributed by atoms with Crippen molar-refractivity contribution in [3.63, 3.8) is 0 Å². The van der Waals surface area contributed by atoms with E-state index in [1.165, 1.54) is 19.3 Å². The van der Waals surface area contributed by atoms with Crippen LogP contribution >= 0.6 is 0 Å². The van der Waals surface area contributed by atoms with Gasteiger partial charge in [-0.05, 0) is 33.6 Å². The standard InChI is InChI=1S/C13H26N2O2/c1-10(17-13(2,3)9-14)12(16)15-11-7-5-4-6-8-11/h10-11H,4-9,14H2,1-3H3,(H,15,16). The molecule has 0 bridgehead atoms. The highest BCUT2D eigenvalue weighted by Gasteiger charge is 2.25. The molecule has 1 fully saturated rings. The van der Waals surface area contributed by atoms with Crippen molar-refractivity contribution in [2.24, 2.45) is 5.73 Å². The summed E-state index contributed by atoms with van der Waals surface area (Å²) in [5.41, 5.74) is 5.14. The van der Waals surface area contributed by atoms with Gasteiger partial charge in [0.15, 0.2) is 0 Å². The maximum absolute atomic E-state index is 11.9. The summed E-state index contributed by atoms with van der Waals surface area (Å²) in [4.78, 5) is 11.9. The Morgan fingerprint density at radius 2 is 2.00 bits per heavy atom. The third-order valence-corrected chi connectivity index (χ3v) is 3.31. The van der Waals surface area contributed by atoms with E-state index in [4.69, 9.17) is 10.5 Å². The third kappa shape index (κ3) is 5.04. The van der Waals surface area contributed by atoms with Crippen LogP contribution in [0.15, 0.2) is 0 Å². The highest BCUT2D eigenvalue weighted by atomic mass is 16.5. The van der Waals surface area contributed by atoms with Crippen LogP contribution in [0.4, 0.5) is 0 Å². The molecule has 1 atom stereocenters. The predicted molar refractivity (Wildman–Crippen MR) is 68.7 cm³/mol. The van der Waals surface area contributed by atoms with Gasteiger partial charge < -0.3 is 15.8 Å². The third-order valence-electron chi connectivity index (χ3n) is 3.31. The SMILES string of the molecule is CC(OC(C)(C)CN)C(=O)NC1CCCCC1. The predicted octanol–water partition coefficient (Wildman–Crippen LogP) is 1.58. The van der Waals surface area contributed by atoms with Crippen molar-refractivity contribution in [1.82, 2.24) is 5.32 Å². The molecule has 1 saturated carbocycles. The Morgan fingerprint density at radius 1 is 1.41 bits per heavy atom. The van der Waals surface area contributed by atoms with Crippen LogP contribution in [0.3, 0.4) is 0 Å². The van der Waals surface area contributed by atoms with E-state index in [-0.39, 0.29) is 5.91 Å². The molecule has 0 radical (unpaired) electrons. The largest absolute Gasteiger partial charge is 0.362 e. The lowest BCUT2D eigenvalue weighted by Gasteiger charge is -2.29. The normalized spacial score (nSPS) is 20.0. The molecular formula is C13H26N2O2. The molecule has 0 aromatic rings. The van der Waals surface area contributed by atoms with Crippen molar-refractivity contribution in [2.75, 3.05) is 6.54 Å². The molecule has 3 N–H and O–H groups in total. The maximum Gasteiger partial charge on any atom is 0.249 e. The van der Waals surface area contributed by atoms with Gasteiger partial charge >= 0.3 is 0 Å². The number of hydrogen-bond acceptors (Lipinski definition) is 3. The molecule has 1 rings (SSSR count). The molecule has 1 aliphatic rings. The van der Waals surface area contributed by atoms with Gasteiger partial charge in [0.1, 0.15) is 6.10 Å². The Labute approximate surface area is 104 Å². The van der Waals surface area contributed by atoms with Crippen molar-refractivity contribution in [3.8, 4) is 0 Å². The van der Waals surface area contributed by atoms with Gasteiger partial charge in [0, 0.05) is 12.6 Å². The average Bonchev–Trinajstić information content (AvgIpc) is 2.30. The van der Waals surface area contributed by atoms with Crippen LogP contribution in [0, 0.1) is 0 Å². The topological polar surface area (TPSA) is 64.3 Å². The molecule has 0 spiro atoms. The number of carbonyl (C=O) groups is 1. The number of hydrogen-bond donors (Lipinski definition) is 2. The highest BCUT2D eigenvalue weighted by Crippen LogP contribution is 2.18. The Hall–Kier alpha value is -0.610. The fourth-order valence-corrected chi connectivity index (χ4v) is 2.15. The minimum absolute atomic E-state index is 0.0153. The molecule has 1 aliphatic carbocycles. The van der Waals surface area contributed by atoms with E-state index in [9.17, 15) is 4.79 Å². The lowest BCUT2D eigenvalue weighted by Crippen LogP contribution is -2.46. The Bertz CT molecular complexity index is 248. The second kappa shape index (κ2) is 6.36. The van der Waals surface area contributed by atoms with Crippen LogP contribution in [-0.4, -0.2) is 30.2 Å². The van der Waals surface area contributed by atoms with Crippen LogP contribution < -0.4 is 11.1 Å². The van der Waals surface area contributed by atoms with E-state index < -0.39 is 11.7 Å². The number of amides is 1. The number of nitrogens with one attached hydrogen (secondary N) is 1.